The minimum absolute atomic E-state index is 0.177. The van der Waals surface area contributed by atoms with E-state index in [-0.39, 0.29) is 12.5 Å². The number of benzene rings is 1. The van der Waals surface area contributed by atoms with Crippen LogP contribution in [-0.4, -0.2) is 18.3 Å². The molecule has 0 spiro atoms. The van der Waals surface area contributed by atoms with Crippen LogP contribution in [0.15, 0.2) is 18.2 Å². The summed E-state index contributed by atoms with van der Waals surface area (Å²) >= 11 is 0. The zero-order valence-electron chi connectivity index (χ0n) is 7.08. The molecule has 0 saturated carbocycles. The van der Waals surface area contributed by atoms with Crippen LogP contribution in [0.25, 0.3) is 0 Å². The van der Waals surface area contributed by atoms with Gasteiger partial charge in [-0.05, 0) is 18.6 Å². The molecule has 1 N–H and O–H groups in total. The summed E-state index contributed by atoms with van der Waals surface area (Å²) in [6, 6.07) is 6.11. The van der Waals surface area contributed by atoms with E-state index in [2.05, 4.69) is 6.07 Å². The molecule has 2 heteroatoms. The molecule has 12 heavy (non-hydrogen) atoms. The van der Waals surface area contributed by atoms with E-state index in [0.717, 1.165) is 11.3 Å². The average molecular weight is 164 g/mol. The number of aryl methyl sites for hydroxylation is 1. The number of ether oxygens (including phenoxy) is 1. The predicted molar refractivity (Wildman–Crippen MR) is 46.5 cm³/mol. The topological polar surface area (TPSA) is 29.5 Å². The monoisotopic (exact) mass is 164 g/mol. The normalized spacial score (nSPS) is 20.3. The third kappa shape index (κ3) is 1.08. The molecule has 1 aliphatic rings. The van der Waals surface area contributed by atoms with Crippen molar-refractivity contribution >= 4 is 0 Å². The van der Waals surface area contributed by atoms with Gasteiger partial charge in [0.1, 0.15) is 5.75 Å². The van der Waals surface area contributed by atoms with E-state index in [1.165, 1.54) is 5.56 Å². The molecule has 2 rings (SSSR count). The highest BCUT2D eigenvalue weighted by Crippen LogP contribution is 2.33. The number of aliphatic hydroxyl groups is 1. The van der Waals surface area contributed by atoms with E-state index in [1.807, 2.05) is 19.1 Å². The third-order valence-corrected chi connectivity index (χ3v) is 2.27. The van der Waals surface area contributed by atoms with E-state index < -0.39 is 0 Å². The standard InChI is InChI=1S/C10H12O2/c1-7-2-3-9-8(5-11)6-12-10(9)4-7/h2-4,8,11H,5-6H2,1H3. The SMILES string of the molecule is Cc1ccc2c(c1)OCC2CO. The molecule has 1 aliphatic heterocycles. The van der Waals surface area contributed by atoms with E-state index in [9.17, 15) is 0 Å². The van der Waals surface area contributed by atoms with Gasteiger partial charge in [0.15, 0.2) is 0 Å². The second-order valence-electron chi connectivity index (χ2n) is 3.23. The van der Waals surface area contributed by atoms with Crippen LogP contribution in [0.3, 0.4) is 0 Å². The number of rotatable bonds is 1. The summed E-state index contributed by atoms with van der Waals surface area (Å²) in [5.41, 5.74) is 2.34. The lowest BCUT2D eigenvalue weighted by Gasteiger charge is -2.02. The van der Waals surface area contributed by atoms with Gasteiger partial charge in [-0.3, -0.25) is 0 Å². The maximum absolute atomic E-state index is 9.00. The van der Waals surface area contributed by atoms with Gasteiger partial charge in [0.25, 0.3) is 0 Å². The van der Waals surface area contributed by atoms with Gasteiger partial charge in [0, 0.05) is 11.5 Å². The Morgan fingerprint density at radius 2 is 2.42 bits per heavy atom. The summed E-state index contributed by atoms with van der Waals surface area (Å²) in [6.45, 7) is 2.83. The van der Waals surface area contributed by atoms with Crippen LogP contribution in [0.2, 0.25) is 0 Å². The Hall–Kier alpha value is -1.02. The number of hydrogen-bond acceptors (Lipinski definition) is 2. The van der Waals surface area contributed by atoms with Gasteiger partial charge in [-0.25, -0.2) is 0 Å². The molecule has 0 amide bonds. The van der Waals surface area contributed by atoms with Crippen molar-refractivity contribution in [2.75, 3.05) is 13.2 Å². The van der Waals surface area contributed by atoms with Crippen molar-refractivity contribution in [1.82, 2.24) is 0 Å². The first-order valence-electron chi connectivity index (χ1n) is 4.15. The molecule has 1 unspecified atom stereocenters. The second-order valence-corrected chi connectivity index (χ2v) is 3.23. The van der Waals surface area contributed by atoms with Gasteiger partial charge in [0.05, 0.1) is 13.2 Å². The summed E-state index contributed by atoms with van der Waals surface area (Å²) in [7, 11) is 0. The highest BCUT2D eigenvalue weighted by atomic mass is 16.5. The molecule has 2 nitrogen and oxygen atoms in total. The first-order chi connectivity index (χ1) is 5.81. The van der Waals surface area contributed by atoms with Crippen molar-refractivity contribution in [2.24, 2.45) is 0 Å². The largest absolute Gasteiger partial charge is 0.493 e. The minimum Gasteiger partial charge on any atom is -0.493 e. The molecule has 0 aliphatic carbocycles. The zero-order chi connectivity index (χ0) is 8.55. The lowest BCUT2D eigenvalue weighted by Crippen LogP contribution is -2.04. The maximum Gasteiger partial charge on any atom is 0.123 e. The first-order valence-corrected chi connectivity index (χ1v) is 4.15. The van der Waals surface area contributed by atoms with Crippen molar-refractivity contribution in [3.05, 3.63) is 29.3 Å². The molecule has 0 bridgehead atoms. The quantitative estimate of drug-likeness (QED) is 0.681. The number of hydrogen-bond donors (Lipinski definition) is 1. The molecule has 0 radical (unpaired) electrons. The Morgan fingerprint density at radius 3 is 3.17 bits per heavy atom. The fraction of sp³-hybridized carbons (Fsp3) is 0.400. The highest BCUT2D eigenvalue weighted by Gasteiger charge is 2.22. The summed E-state index contributed by atoms with van der Waals surface area (Å²) in [5.74, 6) is 1.12. The number of aliphatic hydroxyl groups excluding tert-OH is 1. The Balaban J connectivity index is 2.40. The predicted octanol–water partition coefficient (Wildman–Crippen LogP) is 1.46. The summed E-state index contributed by atoms with van der Waals surface area (Å²) in [6.07, 6.45) is 0. The van der Waals surface area contributed by atoms with Gasteiger partial charge < -0.3 is 9.84 Å². The van der Waals surface area contributed by atoms with Crippen LogP contribution < -0.4 is 4.74 Å². The van der Waals surface area contributed by atoms with Crippen molar-refractivity contribution in [2.45, 2.75) is 12.8 Å². The van der Waals surface area contributed by atoms with Crippen LogP contribution in [-0.2, 0) is 0 Å². The van der Waals surface area contributed by atoms with Crippen LogP contribution in [0, 0.1) is 6.92 Å². The second kappa shape index (κ2) is 2.79. The lowest BCUT2D eigenvalue weighted by atomic mass is 10.0. The first kappa shape index (κ1) is 7.62. The zero-order valence-corrected chi connectivity index (χ0v) is 7.08. The Kier molecular flexibility index (Phi) is 1.77. The van der Waals surface area contributed by atoms with E-state index in [4.69, 9.17) is 9.84 Å². The van der Waals surface area contributed by atoms with Gasteiger partial charge in [-0.1, -0.05) is 12.1 Å². The summed E-state index contributed by atoms with van der Waals surface area (Å²) in [4.78, 5) is 0. The van der Waals surface area contributed by atoms with Gasteiger partial charge in [-0.2, -0.15) is 0 Å². The van der Waals surface area contributed by atoms with E-state index in [1.54, 1.807) is 0 Å². The Morgan fingerprint density at radius 1 is 1.58 bits per heavy atom. The Labute approximate surface area is 71.8 Å². The average Bonchev–Trinajstić information content (AvgIpc) is 2.46. The molecule has 64 valence electrons. The van der Waals surface area contributed by atoms with Crippen LogP contribution in [0.1, 0.15) is 17.0 Å². The van der Waals surface area contributed by atoms with Crippen molar-refractivity contribution in [3.63, 3.8) is 0 Å². The minimum atomic E-state index is 0.177. The highest BCUT2D eigenvalue weighted by molar-refractivity contribution is 5.42. The molecule has 1 aromatic carbocycles. The fourth-order valence-electron chi connectivity index (χ4n) is 1.54. The number of fused-ring (bicyclic) bond motifs is 1. The lowest BCUT2D eigenvalue weighted by molar-refractivity contribution is 0.232. The summed E-state index contributed by atoms with van der Waals surface area (Å²) < 4.78 is 5.42. The van der Waals surface area contributed by atoms with Crippen molar-refractivity contribution in [3.8, 4) is 5.75 Å². The van der Waals surface area contributed by atoms with Crippen molar-refractivity contribution < 1.29 is 9.84 Å². The van der Waals surface area contributed by atoms with Crippen LogP contribution in [0.5, 0.6) is 5.75 Å². The van der Waals surface area contributed by atoms with Gasteiger partial charge in [-0.15, -0.1) is 0 Å². The fourth-order valence-corrected chi connectivity index (χ4v) is 1.54. The van der Waals surface area contributed by atoms with E-state index in [0.29, 0.717) is 6.61 Å². The molecule has 0 saturated heterocycles. The third-order valence-electron chi connectivity index (χ3n) is 2.27. The molecule has 0 aromatic heterocycles. The van der Waals surface area contributed by atoms with Crippen LogP contribution >= 0.6 is 0 Å². The Bertz CT molecular complexity index is 294. The van der Waals surface area contributed by atoms with Gasteiger partial charge in [0.2, 0.25) is 0 Å². The summed E-state index contributed by atoms with van der Waals surface area (Å²) in [5, 5.41) is 9.00. The van der Waals surface area contributed by atoms with Crippen molar-refractivity contribution in [1.29, 1.82) is 0 Å². The molecule has 1 heterocycles. The molecule has 1 atom stereocenters. The van der Waals surface area contributed by atoms with Crippen LogP contribution in [0.4, 0.5) is 0 Å². The molecular weight excluding hydrogens is 152 g/mol. The molecular formula is C10H12O2. The maximum atomic E-state index is 9.00. The smallest absolute Gasteiger partial charge is 0.123 e. The van der Waals surface area contributed by atoms with Gasteiger partial charge >= 0.3 is 0 Å². The molecule has 0 fully saturated rings. The van der Waals surface area contributed by atoms with E-state index >= 15 is 0 Å². The molecule has 1 aromatic rings.